The maximum atomic E-state index is 9.72. The lowest BCUT2D eigenvalue weighted by molar-refractivity contribution is 0.210. The third-order valence-electron chi connectivity index (χ3n) is 4.14. The van der Waals surface area contributed by atoms with E-state index < -0.39 is 0 Å². The Labute approximate surface area is 104 Å². The van der Waals surface area contributed by atoms with Crippen LogP contribution in [0.1, 0.15) is 38.2 Å². The summed E-state index contributed by atoms with van der Waals surface area (Å²) in [6, 6.07) is 8.31. The Balaban J connectivity index is 2.13. The molecule has 0 radical (unpaired) electrons. The summed E-state index contributed by atoms with van der Waals surface area (Å²) < 4.78 is 0. The molecule has 1 aromatic carbocycles. The second-order valence-electron chi connectivity index (χ2n) is 5.40. The summed E-state index contributed by atoms with van der Waals surface area (Å²) >= 11 is 0. The normalized spacial score (nSPS) is 28.3. The first-order chi connectivity index (χ1) is 8.19. The molecule has 0 aromatic heterocycles. The summed E-state index contributed by atoms with van der Waals surface area (Å²) in [5.74, 6) is 0.763. The average molecular weight is 233 g/mol. The van der Waals surface area contributed by atoms with Crippen LogP contribution in [0.5, 0.6) is 0 Å². The number of aliphatic hydroxyl groups is 1. The topological polar surface area (TPSA) is 32.3 Å². The highest BCUT2D eigenvalue weighted by Gasteiger charge is 2.37. The van der Waals surface area contributed by atoms with Crippen molar-refractivity contribution in [3.8, 4) is 0 Å². The molecule has 0 bridgehead atoms. The van der Waals surface area contributed by atoms with E-state index in [4.69, 9.17) is 0 Å². The van der Waals surface area contributed by atoms with Crippen molar-refractivity contribution in [1.82, 2.24) is 0 Å². The van der Waals surface area contributed by atoms with Gasteiger partial charge in [-0.25, -0.2) is 0 Å². The minimum Gasteiger partial charge on any atom is -0.394 e. The summed E-state index contributed by atoms with van der Waals surface area (Å²) in [4.78, 5) is 0. The molecule has 1 aliphatic rings. The predicted molar refractivity (Wildman–Crippen MR) is 72.3 cm³/mol. The SMILES string of the molecule is CCC1CCC(CO)(Nc2ccccc2C)C1. The monoisotopic (exact) mass is 233 g/mol. The van der Waals surface area contributed by atoms with E-state index >= 15 is 0 Å². The summed E-state index contributed by atoms with van der Waals surface area (Å²) in [6.45, 7) is 4.59. The molecule has 0 heterocycles. The minimum atomic E-state index is -0.0905. The van der Waals surface area contributed by atoms with Crippen LogP contribution in [-0.2, 0) is 0 Å². The second-order valence-corrected chi connectivity index (χ2v) is 5.40. The molecule has 0 amide bonds. The molecule has 2 N–H and O–H groups in total. The van der Waals surface area contributed by atoms with Crippen LogP contribution in [0.25, 0.3) is 0 Å². The molecule has 2 atom stereocenters. The van der Waals surface area contributed by atoms with Crippen LogP contribution >= 0.6 is 0 Å². The minimum absolute atomic E-state index is 0.0905. The molecule has 0 spiro atoms. The van der Waals surface area contributed by atoms with Gasteiger partial charge >= 0.3 is 0 Å². The lowest BCUT2D eigenvalue weighted by Gasteiger charge is -2.30. The second kappa shape index (κ2) is 5.09. The molecule has 0 aliphatic heterocycles. The molecule has 1 aliphatic carbocycles. The molecule has 0 saturated heterocycles. The zero-order valence-electron chi connectivity index (χ0n) is 10.9. The van der Waals surface area contributed by atoms with Crippen molar-refractivity contribution in [3.63, 3.8) is 0 Å². The van der Waals surface area contributed by atoms with Gasteiger partial charge in [0.1, 0.15) is 0 Å². The van der Waals surface area contributed by atoms with E-state index in [2.05, 4.69) is 37.4 Å². The zero-order valence-corrected chi connectivity index (χ0v) is 10.9. The first-order valence-corrected chi connectivity index (χ1v) is 6.64. The van der Waals surface area contributed by atoms with Gasteiger partial charge in [0.2, 0.25) is 0 Å². The molecule has 1 aromatic rings. The maximum absolute atomic E-state index is 9.72. The Kier molecular flexibility index (Phi) is 3.72. The highest BCUT2D eigenvalue weighted by atomic mass is 16.3. The molecule has 17 heavy (non-hydrogen) atoms. The van der Waals surface area contributed by atoms with Gasteiger partial charge in [0, 0.05) is 5.69 Å². The van der Waals surface area contributed by atoms with Crippen LogP contribution in [-0.4, -0.2) is 17.3 Å². The largest absolute Gasteiger partial charge is 0.394 e. The van der Waals surface area contributed by atoms with E-state index in [9.17, 15) is 5.11 Å². The van der Waals surface area contributed by atoms with Crippen molar-refractivity contribution >= 4 is 5.69 Å². The van der Waals surface area contributed by atoms with E-state index in [-0.39, 0.29) is 12.1 Å². The lowest BCUT2D eigenvalue weighted by Crippen LogP contribution is -2.39. The van der Waals surface area contributed by atoms with Crippen LogP contribution < -0.4 is 5.32 Å². The van der Waals surface area contributed by atoms with Crippen molar-refractivity contribution in [2.45, 2.75) is 45.1 Å². The average Bonchev–Trinajstić information content (AvgIpc) is 2.76. The van der Waals surface area contributed by atoms with Crippen LogP contribution in [0.3, 0.4) is 0 Å². The predicted octanol–water partition coefficient (Wildman–Crippen LogP) is 3.35. The number of aryl methyl sites for hydroxylation is 1. The fraction of sp³-hybridized carbons (Fsp3) is 0.600. The molecule has 2 unspecified atom stereocenters. The van der Waals surface area contributed by atoms with Crippen LogP contribution in [0.4, 0.5) is 5.69 Å². The molecular weight excluding hydrogens is 210 g/mol. The van der Waals surface area contributed by atoms with Gasteiger partial charge in [-0.15, -0.1) is 0 Å². The van der Waals surface area contributed by atoms with E-state index in [0.29, 0.717) is 0 Å². The van der Waals surface area contributed by atoms with Crippen molar-refractivity contribution in [1.29, 1.82) is 0 Å². The number of nitrogens with one attached hydrogen (secondary N) is 1. The van der Waals surface area contributed by atoms with Crippen molar-refractivity contribution in [2.75, 3.05) is 11.9 Å². The number of para-hydroxylation sites is 1. The standard InChI is InChI=1S/C15H23NO/c1-3-13-8-9-15(10-13,11-17)16-14-7-5-4-6-12(14)2/h4-7,13,16-17H,3,8-11H2,1-2H3. The van der Waals surface area contributed by atoms with Crippen molar-refractivity contribution in [2.24, 2.45) is 5.92 Å². The highest BCUT2D eigenvalue weighted by molar-refractivity contribution is 5.52. The number of benzene rings is 1. The van der Waals surface area contributed by atoms with Crippen LogP contribution in [0.2, 0.25) is 0 Å². The molecular formula is C15H23NO. The third kappa shape index (κ3) is 2.63. The maximum Gasteiger partial charge on any atom is 0.0661 e. The Morgan fingerprint density at radius 1 is 1.41 bits per heavy atom. The molecule has 1 saturated carbocycles. The van der Waals surface area contributed by atoms with Crippen LogP contribution in [0, 0.1) is 12.8 Å². The molecule has 2 nitrogen and oxygen atoms in total. The lowest BCUT2D eigenvalue weighted by atomic mass is 9.95. The van der Waals surface area contributed by atoms with E-state index in [1.165, 1.54) is 24.1 Å². The summed E-state index contributed by atoms with van der Waals surface area (Å²) in [6.07, 6.45) is 4.62. The Morgan fingerprint density at radius 2 is 2.18 bits per heavy atom. The zero-order chi connectivity index (χ0) is 12.3. The number of hydrogen-bond acceptors (Lipinski definition) is 2. The summed E-state index contributed by atoms with van der Waals surface area (Å²) in [5.41, 5.74) is 2.32. The highest BCUT2D eigenvalue weighted by Crippen LogP contribution is 2.38. The third-order valence-corrected chi connectivity index (χ3v) is 4.14. The Bertz CT molecular complexity index is 377. The van der Waals surface area contributed by atoms with Crippen LogP contribution in [0.15, 0.2) is 24.3 Å². The van der Waals surface area contributed by atoms with E-state index in [0.717, 1.165) is 18.8 Å². The quantitative estimate of drug-likeness (QED) is 0.836. The summed E-state index contributed by atoms with van der Waals surface area (Å²) in [7, 11) is 0. The van der Waals surface area contributed by atoms with Crippen molar-refractivity contribution < 1.29 is 5.11 Å². The first kappa shape index (κ1) is 12.4. The number of aliphatic hydroxyl groups excluding tert-OH is 1. The fourth-order valence-electron chi connectivity index (χ4n) is 2.88. The number of anilines is 1. The Hall–Kier alpha value is -1.02. The van der Waals surface area contributed by atoms with Gasteiger partial charge < -0.3 is 10.4 Å². The van der Waals surface area contributed by atoms with Gasteiger partial charge in [-0.1, -0.05) is 31.5 Å². The first-order valence-electron chi connectivity index (χ1n) is 6.64. The number of rotatable bonds is 4. The van der Waals surface area contributed by atoms with Gasteiger partial charge in [0.05, 0.1) is 12.1 Å². The number of hydrogen-bond donors (Lipinski definition) is 2. The molecule has 2 rings (SSSR count). The summed E-state index contributed by atoms with van der Waals surface area (Å²) in [5, 5.41) is 13.3. The molecule has 1 fully saturated rings. The van der Waals surface area contributed by atoms with Gasteiger partial charge in [0.25, 0.3) is 0 Å². The van der Waals surface area contributed by atoms with E-state index in [1.807, 2.05) is 6.07 Å². The van der Waals surface area contributed by atoms with Gasteiger partial charge in [-0.2, -0.15) is 0 Å². The van der Waals surface area contributed by atoms with Gasteiger partial charge in [-0.05, 0) is 43.7 Å². The van der Waals surface area contributed by atoms with Crippen molar-refractivity contribution in [3.05, 3.63) is 29.8 Å². The molecule has 94 valence electrons. The smallest absolute Gasteiger partial charge is 0.0661 e. The Morgan fingerprint density at radius 3 is 2.76 bits per heavy atom. The van der Waals surface area contributed by atoms with E-state index in [1.54, 1.807) is 0 Å². The molecule has 2 heteroatoms. The fourth-order valence-corrected chi connectivity index (χ4v) is 2.88. The van der Waals surface area contributed by atoms with Gasteiger partial charge in [0.15, 0.2) is 0 Å². The van der Waals surface area contributed by atoms with Gasteiger partial charge in [-0.3, -0.25) is 0 Å².